The predicted molar refractivity (Wildman–Crippen MR) is 106 cm³/mol. The van der Waals surface area contributed by atoms with Crippen molar-refractivity contribution in [1.82, 2.24) is 29.7 Å². The molecule has 0 aliphatic rings. The van der Waals surface area contributed by atoms with Gasteiger partial charge in [-0.1, -0.05) is 6.07 Å². The second-order valence-corrected chi connectivity index (χ2v) is 6.48. The Labute approximate surface area is 157 Å². The molecule has 2 N–H and O–H groups in total. The predicted octanol–water partition coefficient (Wildman–Crippen LogP) is 2.23. The topological polar surface area (TPSA) is 109 Å². The highest BCUT2D eigenvalue weighted by atomic mass is 16.1. The molecule has 0 unspecified atom stereocenters. The van der Waals surface area contributed by atoms with Gasteiger partial charge in [0, 0.05) is 36.5 Å². The van der Waals surface area contributed by atoms with Gasteiger partial charge in [-0.15, -0.1) is 0 Å². The lowest BCUT2D eigenvalue weighted by molar-refractivity contribution is 0.770. The summed E-state index contributed by atoms with van der Waals surface area (Å²) in [7, 11) is 1.83. The van der Waals surface area contributed by atoms with Crippen LogP contribution in [-0.2, 0) is 7.05 Å². The molecule has 136 valence electrons. The number of aromatic nitrogens is 6. The van der Waals surface area contributed by atoms with E-state index in [0.29, 0.717) is 28.2 Å². The SMILES string of the molecule is Cn1ccc(-c2nc3[nH]c(=O)ccc3nc2-c2ccc3[nH]c(=O)ccc3c2)n1. The summed E-state index contributed by atoms with van der Waals surface area (Å²) in [6.45, 7) is 0. The zero-order chi connectivity index (χ0) is 19.3. The summed E-state index contributed by atoms with van der Waals surface area (Å²) in [5, 5.41) is 5.33. The van der Waals surface area contributed by atoms with E-state index in [1.165, 1.54) is 12.1 Å². The molecule has 0 amide bonds. The first-order chi connectivity index (χ1) is 13.6. The highest BCUT2D eigenvalue weighted by molar-refractivity contribution is 5.89. The number of aryl methyl sites for hydroxylation is 1. The van der Waals surface area contributed by atoms with Gasteiger partial charge in [0.15, 0.2) is 5.65 Å². The Morgan fingerprint density at radius 1 is 0.857 bits per heavy atom. The van der Waals surface area contributed by atoms with Gasteiger partial charge in [-0.05, 0) is 35.7 Å². The normalized spacial score (nSPS) is 11.3. The number of rotatable bonds is 2. The van der Waals surface area contributed by atoms with Crippen molar-refractivity contribution in [3.05, 3.63) is 75.4 Å². The molecule has 0 fully saturated rings. The smallest absolute Gasteiger partial charge is 0.249 e. The van der Waals surface area contributed by atoms with Gasteiger partial charge in [0.05, 0.1) is 5.69 Å². The van der Waals surface area contributed by atoms with Crippen molar-refractivity contribution in [2.75, 3.05) is 0 Å². The van der Waals surface area contributed by atoms with Crippen LogP contribution >= 0.6 is 0 Å². The summed E-state index contributed by atoms with van der Waals surface area (Å²) in [6, 6.07) is 13.8. The number of H-pyrrole nitrogens is 2. The number of hydrogen-bond donors (Lipinski definition) is 2. The van der Waals surface area contributed by atoms with Gasteiger partial charge in [0.25, 0.3) is 0 Å². The Hall–Kier alpha value is -4.07. The summed E-state index contributed by atoms with van der Waals surface area (Å²) in [4.78, 5) is 38.1. The Balaban J connectivity index is 1.82. The summed E-state index contributed by atoms with van der Waals surface area (Å²) >= 11 is 0. The number of nitrogens with one attached hydrogen (secondary N) is 2. The minimum Gasteiger partial charge on any atom is -0.322 e. The lowest BCUT2D eigenvalue weighted by Gasteiger charge is -2.09. The fourth-order valence-electron chi connectivity index (χ4n) is 3.19. The first-order valence-corrected chi connectivity index (χ1v) is 8.61. The van der Waals surface area contributed by atoms with Gasteiger partial charge < -0.3 is 9.97 Å². The largest absolute Gasteiger partial charge is 0.322 e. The summed E-state index contributed by atoms with van der Waals surface area (Å²) in [6.07, 6.45) is 1.82. The molecular formula is C20H14N6O2. The van der Waals surface area contributed by atoms with Crippen LogP contribution in [0, 0.1) is 0 Å². The molecule has 8 heteroatoms. The Kier molecular flexibility index (Phi) is 3.45. The third kappa shape index (κ3) is 2.67. The molecule has 0 saturated heterocycles. The van der Waals surface area contributed by atoms with E-state index in [1.54, 1.807) is 16.8 Å². The molecule has 4 heterocycles. The van der Waals surface area contributed by atoms with Crippen LogP contribution in [0.3, 0.4) is 0 Å². The van der Waals surface area contributed by atoms with Crippen molar-refractivity contribution in [3.63, 3.8) is 0 Å². The molecule has 0 saturated carbocycles. The molecule has 0 aliphatic heterocycles. The number of aromatic amines is 2. The molecule has 8 nitrogen and oxygen atoms in total. The van der Waals surface area contributed by atoms with Crippen LogP contribution in [0.15, 0.2) is 64.3 Å². The van der Waals surface area contributed by atoms with Crippen molar-refractivity contribution in [1.29, 1.82) is 0 Å². The van der Waals surface area contributed by atoms with E-state index < -0.39 is 0 Å². The quantitative estimate of drug-likeness (QED) is 0.495. The average Bonchev–Trinajstić information content (AvgIpc) is 3.12. The van der Waals surface area contributed by atoms with Crippen LogP contribution in [0.2, 0.25) is 0 Å². The molecule has 0 atom stereocenters. The van der Waals surface area contributed by atoms with E-state index in [-0.39, 0.29) is 11.1 Å². The van der Waals surface area contributed by atoms with Crippen LogP contribution in [0.4, 0.5) is 0 Å². The summed E-state index contributed by atoms with van der Waals surface area (Å²) < 4.78 is 1.68. The molecule has 28 heavy (non-hydrogen) atoms. The standard InChI is InChI=1S/C20H14N6O2/c1-26-9-8-14(25-26)19-18(22-15-5-7-17(28)23-20(15)24-19)12-2-4-13-11(10-12)3-6-16(27)21-13/h2-10H,1H3,(H,21,27)(H,23,24,28). The van der Waals surface area contributed by atoms with Crippen LogP contribution in [0.1, 0.15) is 0 Å². The molecule has 1 aromatic carbocycles. The van der Waals surface area contributed by atoms with E-state index in [9.17, 15) is 9.59 Å². The zero-order valence-electron chi connectivity index (χ0n) is 14.8. The Bertz CT molecular complexity index is 1480. The highest BCUT2D eigenvalue weighted by Gasteiger charge is 2.16. The fraction of sp³-hybridized carbons (Fsp3) is 0.0500. The van der Waals surface area contributed by atoms with Crippen molar-refractivity contribution >= 4 is 22.1 Å². The van der Waals surface area contributed by atoms with Gasteiger partial charge in [0.1, 0.15) is 16.9 Å². The molecule has 5 rings (SSSR count). The molecule has 4 aromatic heterocycles. The monoisotopic (exact) mass is 370 g/mol. The number of fused-ring (bicyclic) bond motifs is 2. The van der Waals surface area contributed by atoms with Crippen molar-refractivity contribution in [2.45, 2.75) is 0 Å². The van der Waals surface area contributed by atoms with Crippen LogP contribution in [0.5, 0.6) is 0 Å². The first-order valence-electron chi connectivity index (χ1n) is 8.61. The number of hydrogen-bond acceptors (Lipinski definition) is 5. The molecule has 5 aromatic rings. The molecule has 0 radical (unpaired) electrons. The molecule has 0 bridgehead atoms. The first kappa shape index (κ1) is 16.1. The van der Waals surface area contributed by atoms with Gasteiger partial charge in [-0.3, -0.25) is 14.3 Å². The number of nitrogens with zero attached hydrogens (tertiary/aromatic N) is 4. The van der Waals surface area contributed by atoms with Gasteiger partial charge in [0.2, 0.25) is 11.1 Å². The Morgan fingerprint density at radius 2 is 1.68 bits per heavy atom. The highest BCUT2D eigenvalue weighted by Crippen LogP contribution is 2.30. The second kappa shape index (κ2) is 5.98. The Morgan fingerprint density at radius 3 is 2.50 bits per heavy atom. The average molecular weight is 370 g/mol. The van der Waals surface area contributed by atoms with Gasteiger partial charge in [-0.25, -0.2) is 9.97 Å². The second-order valence-electron chi connectivity index (χ2n) is 6.48. The lowest BCUT2D eigenvalue weighted by Crippen LogP contribution is -2.06. The molecule has 0 spiro atoms. The van der Waals surface area contributed by atoms with E-state index in [1.807, 2.05) is 37.5 Å². The van der Waals surface area contributed by atoms with Gasteiger partial charge in [-0.2, -0.15) is 5.10 Å². The minimum atomic E-state index is -0.240. The summed E-state index contributed by atoms with van der Waals surface area (Å²) in [5.41, 5.74) is 4.04. The van der Waals surface area contributed by atoms with E-state index in [4.69, 9.17) is 4.98 Å². The number of benzene rings is 1. The maximum Gasteiger partial charge on any atom is 0.249 e. The molecular weight excluding hydrogens is 356 g/mol. The van der Waals surface area contributed by atoms with E-state index >= 15 is 0 Å². The molecule has 0 aliphatic carbocycles. The lowest BCUT2D eigenvalue weighted by atomic mass is 10.0. The van der Waals surface area contributed by atoms with Crippen LogP contribution in [0.25, 0.3) is 44.7 Å². The van der Waals surface area contributed by atoms with Crippen molar-refractivity contribution in [3.8, 4) is 22.6 Å². The third-order valence-electron chi connectivity index (χ3n) is 4.51. The maximum atomic E-state index is 11.7. The van der Waals surface area contributed by atoms with Crippen molar-refractivity contribution < 1.29 is 0 Å². The van der Waals surface area contributed by atoms with E-state index in [0.717, 1.165) is 16.5 Å². The number of pyridine rings is 2. The summed E-state index contributed by atoms with van der Waals surface area (Å²) in [5.74, 6) is 0. The van der Waals surface area contributed by atoms with Crippen LogP contribution < -0.4 is 11.1 Å². The van der Waals surface area contributed by atoms with Crippen LogP contribution in [-0.4, -0.2) is 29.7 Å². The third-order valence-corrected chi connectivity index (χ3v) is 4.51. The fourth-order valence-corrected chi connectivity index (χ4v) is 3.19. The van der Waals surface area contributed by atoms with Crippen molar-refractivity contribution in [2.24, 2.45) is 7.05 Å². The minimum absolute atomic E-state index is 0.149. The zero-order valence-corrected chi connectivity index (χ0v) is 14.8. The van der Waals surface area contributed by atoms with E-state index in [2.05, 4.69) is 20.1 Å². The van der Waals surface area contributed by atoms with Gasteiger partial charge >= 0.3 is 0 Å². The maximum absolute atomic E-state index is 11.7.